The highest BCUT2D eigenvalue weighted by Crippen LogP contribution is 2.40. The van der Waals surface area contributed by atoms with Crippen molar-refractivity contribution in [2.24, 2.45) is 0 Å². The zero-order chi connectivity index (χ0) is 21.7. The van der Waals surface area contributed by atoms with Crippen LogP contribution in [0.3, 0.4) is 0 Å². The molecule has 0 bridgehead atoms. The van der Waals surface area contributed by atoms with Gasteiger partial charge in [-0.05, 0) is 54.8 Å². The van der Waals surface area contributed by atoms with Crippen molar-refractivity contribution in [2.45, 2.75) is 25.8 Å². The second kappa shape index (κ2) is 9.91. The number of halogens is 1. The minimum Gasteiger partial charge on any atom is -0.507 e. The van der Waals surface area contributed by atoms with E-state index in [-0.39, 0.29) is 24.5 Å². The zero-order valence-corrected chi connectivity index (χ0v) is 18.3. The highest BCUT2D eigenvalue weighted by Gasteiger charge is 2.45. The van der Waals surface area contributed by atoms with E-state index in [2.05, 4.69) is 15.9 Å². The number of aliphatic hydroxyl groups is 2. The van der Waals surface area contributed by atoms with Gasteiger partial charge in [-0.15, -0.1) is 0 Å². The summed E-state index contributed by atoms with van der Waals surface area (Å²) < 4.78 is 6.36. The number of ether oxygens (including phenoxy) is 1. The number of Topliss-reactive ketones (excluding diaryl/α,β-unsaturated/α-hetero) is 1. The van der Waals surface area contributed by atoms with E-state index >= 15 is 0 Å². The van der Waals surface area contributed by atoms with Crippen molar-refractivity contribution in [2.75, 3.05) is 19.8 Å². The second-order valence-corrected chi connectivity index (χ2v) is 7.91. The molecule has 1 unspecified atom stereocenters. The van der Waals surface area contributed by atoms with Crippen molar-refractivity contribution in [3.05, 3.63) is 69.7 Å². The molecule has 2 aromatic carbocycles. The van der Waals surface area contributed by atoms with Crippen LogP contribution < -0.4 is 4.74 Å². The third-order valence-corrected chi connectivity index (χ3v) is 5.36. The van der Waals surface area contributed by atoms with E-state index in [4.69, 9.17) is 4.74 Å². The minimum atomic E-state index is -0.735. The lowest BCUT2D eigenvalue weighted by Crippen LogP contribution is -2.31. The number of amides is 1. The maximum atomic E-state index is 12.9. The molecule has 1 aliphatic rings. The fourth-order valence-electron chi connectivity index (χ4n) is 3.46. The number of nitrogens with zero attached hydrogens (tertiary/aromatic N) is 1. The predicted octanol–water partition coefficient (Wildman–Crippen LogP) is 4.04. The molecule has 3 rings (SSSR count). The molecule has 2 N–H and O–H groups in total. The molecule has 1 saturated heterocycles. The van der Waals surface area contributed by atoms with Crippen LogP contribution >= 0.6 is 15.9 Å². The first-order valence-corrected chi connectivity index (χ1v) is 10.6. The Labute approximate surface area is 183 Å². The van der Waals surface area contributed by atoms with E-state index < -0.39 is 17.7 Å². The van der Waals surface area contributed by atoms with Crippen LogP contribution in [0.15, 0.2) is 58.6 Å². The molecule has 0 saturated carbocycles. The highest BCUT2D eigenvalue weighted by atomic mass is 79.9. The van der Waals surface area contributed by atoms with Gasteiger partial charge < -0.3 is 19.8 Å². The molecular weight excluding hydrogens is 450 g/mol. The quantitative estimate of drug-likeness (QED) is 0.343. The molecule has 1 aliphatic heterocycles. The molecule has 2 aromatic rings. The summed E-state index contributed by atoms with van der Waals surface area (Å²) in [5.41, 5.74) is 1.17. The summed E-state index contributed by atoms with van der Waals surface area (Å²) in [4.78, 5) is 27.0. The van der Waals surface area contributed by atoms with Crippen molar-refractivity contribution >= 4 is 33.4 Å². The number of aliphatic hydroxyl groups excluding tert-OH is 2. The van der Waals surface area contributed by atoms with E-state index in [1.54, 1.807) is 24.3 Å². The fraction of sp³-hybridized carbons (Fsp3) is 0.304. The molecule has 7 heteroatoms. The van der Waals surface area contributed by atoms with Crippen LogP contribution in [0.5, 0.6) is 5.75 Å². The van der Waals surface area contributed by atoms with Crippen LogP contribution in [0, 0.1) is 0 Å². The van der Waals surface area contributed by atoms with Gasteiger partial charge in [0.25, 0.3) is 11.7 Å². The lowest BCUT2D eigenvalue weighted by molar-refractivity contribution is -0.140. The Kier molecular flexibility index (Phi) is 7.29. The summed E-state index contributed by atoms with van der Waals surface area (Å²) >= 11 is 3.42. The summed E-state index contributed by atoms with van der Waals surface area (Å²) in [6.07, 6.45) is 1.21. The highest BCUT2D eigenvalue weighted by molar-refractivity contribution is 9.10. The molecule has 0 aliphatic carbocycles. The second-order valence-electron chi connectivity index (χ2n) is 7.00. The van der Waals surface area contributed by atoms with Gasteiger partial charge in [-0.25, -0.2) is 0 Å². The van der Waals surface area contributed by atoms with E-state index in [1.807, 2.05) is 31.2 Å². The number of rotatable bonds is 8. The first-order chi connectivity index (χ1) is 14.5. The summed E-state index contributed by atoms with van der Waals surface area (Å²) in [6.45, 7) is 2.70. The van der Waals surface area contributed by atoms with Crippen LogP contribution in [-0.4, -0.2) is 46.6 Å². The van der Waals surface area contributed by atoms with Crippen LogP contribution in [0.25, 0.3) is 5.76 Å². The smallest absolute Gasteiger partial charge is 0.295 e. The standard InChI is InChI=1S/C23H24BrNO5/c1-2-13-30-18-9-7-15(8-10-18)21(27)19-20(16-5-3-6-17(24)14-16)25(11-4-12-26)23(29)22(19)28/h3,5-10,14,20,26-27H,2,4,11-13H2,1H3. The van der Waals surface area contributed by atoms with Crippen molar-refractivity contribution < 1.29 is 24.5 Å². The first kappa shape index (κ1) is 22.1. The number of benzene rings is 2. The van der Waals surface area contributed by atoms with Gasteiger partial charge in [0.1, 0.15) is 11.5 Å². The molecule has 1 amide bonds. The third kappa shape index (κ3) is 4.57. The van der Waals surface area contributed by atoms with E-state index in [0.29, 0.717) is 29.9 Å². The Morgan fingerprint density at radius 3 is 2.53 bits per heavy atom. The van der Waals surface area contributed by atoms with Crippen LogP contribution in [-0.2, 0) is 9.59 Å². The molecule has 1 atom stereocenters. The molecule has 30 heavy (non-hydrogen) atoms. The number of ketones is 1. The predicted molar refractivity (Wildman–Crippen MR) is 117 cm³/mol. The van der Waals surface area contributed by atoms with Crippen molar-refractivity contribution in [1.82, 2.24) is 4.90 Å². The third-order valence-electron chi connectivity index (χ3n) is 4.86. The van der Waals surface area contributed by atoms with Gasteiger partial charge in [0.2, 0.25) is 0 Å². The minimum absolute atomic E-state index is 0.0401. The maximum Gasteiger partial charge on any atom is 0.295 e. The van der Waals surface area contributed by atoms with Gasteiger partial charge in [0.15, 0.2) is 0 Å². The lowest BCUT2D eigenvalue weighted by atomic mass is 9.95. The zero-order valence-electron chi connectivity index (χ0n) is 16.7. The van der Waals surface area contributed by atoms with E-state index in [1.165, 1.54) is 4.90 Å². The number of carbonyl (C=O) groups excluding carboxylic acids is 2. The first-order valence-electron chi connectivity index (χ1n) is 9.86. The van der Waals surface area contributed by atoms with Crippen molar-refractivity contribution in [3.63, 3.8) is 0 Å². The summed E-state index contributed by atoms with van der Waals surface area (Å²) in [7, 11) is 0. The average molecular weight is 474 g/mol. The van der Waals surface area contributed by atoms with Crippen LogP contribution in [0.1, 0.15) is 36.9 Å². The molecule has 158 valence electrons. The Hall–Kier alpha value is -2.64. The van der Waals surface area contributed by atoms with Crippen LogP contribution in [0.4, 0.5) is 0 Å². The van der Waals surface area contributed by atoms with Crippen LogP contribution in [0.2, 0.25) is 0 Å². The monoisotopic (exact) mass is 473 g/mol. The Morgan fingerprint density at radius 1 is 1.17 bits per heavy atom. The largest absolute Gasteiger partial charge is 0.507 e. The number of hydrogen-bond acceptors (Lipinski definition) is 5. The molecule has 1 heterocycles. The Bertz CT molecular complexity index is 954. The average Bonchev–Trinajstić information content (AvgIpc) is 3.01. The number of likely N-dealkylation sites (tertiary alicyclic amines) is 1. The van der Waals surface area contributed by atoms with Gasteiger partial charge in [-0.1, -0.05) is 35.0 Å². The topological polar surface area (TPSA) is 87.1 Å². The summed E-state index contributed by atoms with van der Waals surface area (Å²) in [6, 6.07) is 13.3. The molecule has 0 aromatic heterocycles. The number of hydrogen-bond donors (Lipinski definition) is 2. The molecule has 0 spiro atoms. The van der Waals surface area contributed by atoms with E-state index in [0.717, 1.165) is 10.9 Å². The van der Waals surface area contributed by atoms with Gasteiger partial charge in [-0.3, -0.25) is 9.59 Å². The normalized spacial score (nSPS) is 18.1. The molecule has 1 fully saturated rings. The Balaban J connectivity index is 2.06. The van der Waals surface area contributed by atoms with E-state index in [9.17, 15) is 19.8 Å². The number of carbonyl (C=O) groups is 2. The fourth-order valence-corrected chi connectivity index (χ4v) is 3.88. The Morgan fingerprint density at radius 2 is 1.90 bits per heavy atom. The van der Waals surface area contributed by atoms with Crippen molar-refractivity contribution in [1.29, 1.82) is 0 Å². The maximum absolute atomic E-state index is 12.9. The van der Waals surface area contributed by atoms with Gasteiger partial charge in [-0.2, -0.15) is 0 Å². The molecular formula is C23H24BrNO5. The lowest BCUT2D eigenvalue weighted by Gasteiger charge is -2.25. The van der Waals surface area contributed by atoms with Gasteiger partial charge in [0.05, 0.1) is 18.2 Å². The van der Waals surface area contributed by atoms with Gasteiger partial charge in [0, 0.05) is 23.2 Å². The SMILES string of the molecule is CCCOc1ccc(C(O)=C2C(=O)C(=O)N(CCCO)C2c2cccc(Br)c2)cc1. The van der Waals surface area contributed by atoms with Gasteiger partial charge >= 0.3 is 0 Å². The van der Waals surface area contributed by atoms with Crippen molar-refractivity contribution in [3.8, 4) is 5.75 Å². The molecule has 0 radical (unpaired) electrons. The summed E-state index contributed by atoms with van der Waals surface area (Å²) in [5.74, 6) is -0.980. The molecule has 6 nitrogen and oxygen atoms in total. The summed E-state index contributed by atoms with van der Waals surface area (Å²) in [5, 5.41) is 20.2.